The number of nitrogens with two attached hydrogens (primary N) is 1. The first-order valence-electron chi connectivity index (χ1n) is 7.70. The van der Waals surface area contributed by atoms with Crippen molar-refractivity contribution in [3.8, 4) is 0 Å². The van der Waals surface area contributed by atoms with Crippen molar-refractivity contribution in [2.75, 3.05) is 19.6 Å². The first-order valence-corrected chi connectivity index (χ1v) is 7.70. The van der Waals surface area contributed by atoms with Gasteiger partial charge in [0.05, 0.1) is 6.20 Å². The molecule has 1 aromatic carbocycles. The minimum atomic E-state index is 0.134. The second-order valence-electron chi connectivity index (χ2n) is 5.44. The summed E-state index contributed by atoms with van der Waals surface area (Å²) in [5, 5.41) is 4.21. The molecule has 2 rings (SSSR count). The van der Waals surface area contributed by atoms with Crippen LogP contribution in [0.3, 0.4) is 0 Å². The largest absolute Gasteiger partial charge is 0.341 e. The number of carbonyl (C=O) groups excluding carboxylic acids is 1. The van der Waals surface area contributed by atoms with Gasteiger partial charge in [0.25, 0.3) is 0 Å². The third-order valence-corrected chi connectivity index (χ3v) is 3.58. The zero-order chi connectivity index (χ0) is 15.8. The molecule has 0 saturated carbocycles. The van der Waals surface area contributed by atoms with Gasteiger partial charge in [-0.15, -0.1) is 0 Å². The molecule has 5 nitrogen and oxygen atoms in total. The molecule has 1 amide bonds. The van der Waals surface area contributed by atoms with Gasteiger partial charge >= 0.3 is 0 Å². The Morgan fingerprint density at radius 1 is 1.27 bits per heavy atom. The molecule has 0 aliphatic rings. The van der Waals surface area contributed by atoms with E-state index in [0.29, 0.717) is 32.6 Å². The summed E-state index contributed by atoms with van der Waals surface area (Å²) in [5.41, 5.74) is 7.98. The molecule has 0 fully saturated rings. The van der Waals surface area contributed by atoms with Gasteiger partial charge in [-0.2, -0.15) is 5.10 Å². The fourth-order valence-corrected chi connectivity index (χ4v) is 2.38. The second-order valence-corrected chi connectivity index (χ2v) is 5.44. The lowest BCUT2D eigenvalue weighted by molar-refractivity contribution is -0.131. The Hall–Kier alpha value is -2.14. The lowest BCUT2D eigenvalue weighted by atomic mass is 10.1. The maximum atomic E-state index is 12.4. The summed E-state index contributed by atoms with van der Waals surface area (Å²) in [6, 6.07) is 10.2. The van der Waals surface area contributed by atoms with Gasteiger partial charge in [0.1, 0.15) is 0 Å². The van der Waals surface area contributed by atoms with Gasteiger partial charge in [-0.25, -0.2) is 0 Å². The molecule has 1 aromatic heterocycles. The van der Waals surface area contributed by atoms with Crippen LogP contribution in [0.2, 0.25) is 0 Å². The highest BCUT2D eigenvalue weighted by Gasteiger charge is 2.12. The number of rotatable bonds is 8. The average Bonchev–Trinajstić information content (AvgIpc) is 2.95. The number of aromatic nitrogens is 2. The SMILES string of the molecule is Cc1cnn(CCC(=O)N(CCN)CCc2ccccc2)c1. The predicted molar refractivity (Wildman–Crippen MR) is 87.4 cm³/mol. The van der Waals surface area contributed by atoms with Gasteiger partial charge in [-0.05, 0) is 24.5 Å². The molecule has 0 unspecified atom stereocenters. The van der Waals surface area contributed by atoms with E-state index in [1.54, 1.807) is 6.20 Å². The third-order valence-electron chi connectivity index (χ3n) is 3.58. The topological polar surface area (TPSA) is 64.2 Å². The molecule has 5 heteroatoms. The van der Waals surface area contributed by atoms with Crippen LogP contribution in [-0.2, 0) is 17.8 Å². The Morgan fingerprint density at radius 2 is 2.05 bits per heavy atom. The van der Waals surface area contributed by atoms with E-state index in [1.165, 1.54) is 5.56 Å². The molecule has 2 aromatic rings. The van der Waals surface area contributed by atoms with E-state index in [2.05, 4.69) is 17.2 Å². The van der Waals surface area contributed by atoms with E-state index in [9.17, 15) is 4.79 Å². The van der Waals surface area contributed by atoms with Crippen molar-refractivity contribution in [1.82, 2.24) is 14.7 Å². The Kier molecular flexibility index (Phi) is 6.15. The van der Waals surface area contributed by atoms with E-state index < -0.39 is 0 Å². The number of carbonyl (C=O) groups is 1. The summed E-state index contributed by atoms with van der Waals surface area (Å²) >= 11 is 0. The van der Waals surface area contributed by atoms with Crippen LogP contribution in [0.25, 0.3) is 0 Å². The Labute approximate surface area is 131 Å². The first-order chi connectivity index (χ1) is 10.7. The highest BCUT2D eigenvalue weighted by molar-refractivity contribution is 5.76. The Morgan fingerprint density at radius 3 is 2.68 bits per heavy atom. The van der Waals surface area contributed by atoms with Gasteiger partial charge < -0.3 is 10.6 Å². The smallest absolute Gasteiger partial charge is 0.224 e. The molecular weight excluding hydrogens is 276 g/mol. The van der Waals surface area contributed by atoms with Crippen molar-refractivity contribution in [2.24, 2.45) is 5.73 Å². The van der Waals surface area contributed by atoms with Gasteiger partial charge in [0.2, 0.25) is 5.91 Å². The molecule has 1 heterocycles. The monoisotopic (exact) mass is 300 g/mol. The number of amides is 1. The zero-order valence-corrected chi connectivity index (χ0v) is 13.1. The Bertz CT molecular complexity index is 579. The van der Waals surface area contributed by atoms with Crippen LogP contribution in [0.15, 0.2) is 42.7 Å². The summed E-state index contributed by atoms with van der Waals surface area (Å²) in [5.74, 6) is 0.134. The van der Waals surface area contributed by atoms with E-state index in [-0.39, 0.29) is 5.91 Å². The summed E-state index contributed by atoms with van der Waals surface area (Å²) < 4.78 is 1.81. The molecule has 118 valence electrons. The molecule has 0 spiro atoms. The Balaban J connectivity index is 1.84. The minimum Gasteiger partial charge on any atom is -0.341 e. The maximum absolute atomic E-state index is 12.4. The maximum Gasteiger partial charge on any atom is 0.224 e. The number of aryl methyl sites for hydroxylation is 2. The highest BCUT2D eigenvalue weighted by atomic mass is 16.2. The van der Waals surface area contributed by atoms with Crippen LogP contribution in [0, 0.1) is 6.92 Å². The summed E-state index contributed by atoms with van der Waals surface area (Å²) in [6.45, 7) is 4.40. The minimum absolute atomic E-state index is 0.134. The summed E-state index contributed by atoms with van der Waals surface area (Å²) in [7, 11) is 0. The van der Waals surface area contributed by atoms with Crippen molar-refractivity contribution in [1.29, 1.82) is 0 Å². The quantitative estimate of drug-likeness (QED) is 0.805. The number of hydrogen-bond acceptors (Lipinski definition) is 3. The summed E-state index contributed by atoms with van der Waals surface area (Å²) in [4.78, 5) is 14.2. The van der Waals surface area contributed by atoms with Crippen molar-refractivity contribution in [3.63, 3.8) is 0 Å². The van der Waals surface area contributed by atoms with Gasteiger partial charge in [-0.1, -0.05) is 30.3 Å². The number of hydrogen-bond donors (Lipinski definition) is 1. The third kappa shape index (κ3) is 5.00. The normalized spacial score (nSPS) is 10.6. The fourth-order valence-electron chi connectivity index (χ4n) is 2.38. The highest BCUT2D eigenvalue weighted by Crippen LogP contribution is 2.04. The molecule has 0 aliphatic carbocycles. The van der Waals surface area contributed by atoms with Crippen LogP contribution in [-0.4, -0.2) is 40.2 Å². The van der Waals surface area contributed by atoms with Gasteiger partial charge in [0, 0.05) is 38.8 Å². The second kappa shape index (κ2) is 8.34. The first kappa shape index (κ1) is 16.2. The van der Waals surface area contributed by atoms with Crippen LogP contribution in [0.5, 0.6) is 0 Å². The molecule has 22 heavy (non-hydrogen) atoms. The molecule has 0 aliphatic heterocycles. The standard InChI is InChI=1S/C17H24N4O/c1-15-13-19-21(14-15)11-8-17(22)20(12-9-18)10-7-16-5-3-2-4-6-16/h2-6,13-14H,7-12,18H2,1H3. The van der Waals surface area contributed by atoms with E-state index in [1.807, 2.05) is 40.9 Å². The van der Waals surface area contributed by atoms with Crippen LogP contribution in [0.1, 0.15) is 17.5 Å². The van der Waals surface area contributed by atoms with Gasteiger partial charge in [-0.3, -0.25) is 9.48 Å². The van der Waals surface area contributed by atoms with Crippen molar-refractivity contribution in [3.05, 3.63) is 53.9 Å². The van der Waals surface area contributed by atoms with Crippen molar-refractivity contribution >= 4 is 5.91 Å². The molecular formula is C17H24N4O. The summed E-state index contributed by atoms with van der Waals surface area (Å²) in [6.07, 6.45) is 5.06. The molecule has 0 saturated heterocycles. The van der Waals surface area contributed by atoms with Crippen molar-refractivity contribution in [2.45, 2.75) is 26.3 Å². The molecule has 2 N–H and O–H groups in total. The lowest BCUT2D eigenvalue weighted by Crippen LogP contribution is -2.37. The van der Waals surface area contributed by atoms with Crippen LogP contribution < -0.4 is 5.73 Å². The zero-order valence-electron chi connectivity index (χ0n) is 13.1. The van der Waals surface area contributed by atoms with Crippen LogP contribution >= 0.6 is 0 Å². The molecule has 0 atom stereocenters. The number of benzene rings is 1. The van der Waals surface area contributed by atoms with E-state index in [4.69, 9.17) is 5.73 Å². The lowest BCUT2D eigenvalue weighted by Gasteiger charge is -2.22. The average molecular weight is 300 g/mol. The van der Waals surface area contributed by atoms with Crippen molar-refractivity contribution < 1.29 is 4.79 Å². The number of nitrogens with zero attached hydrogens (tertiary/aromatic N) is 3. The van der Waals surface area contributed by atoms with Crippen LogP contribution in [0.4, 0.5) is 0 Å². The molecule has 0 bridgehead atoms. The molecule has 0 radical (unpaired) electrons. The predicted octanol–water partition coefficient (Wildman–Crippen LogP) is 1.61. The van der Waals surface area contributed by atoms with Gasteiger partial charge in [0.15, 0.2) is 0 Å². The van der Waals surface area contributed by atoms with E-state index >= 15 is 0 Å². The van der Waals surface area contributed by atoms with E-state index in [0.717, 1.165) is 12.0 Å². The fraction of sp³-hybridized carbons (Fsp3) is 0.412.